The van der Waals surface area contributed by atoms with Crippen LogP contribution >= 0.6 is 11.3 Å². The average Bonchev–Trinajstić information content (AvgIpc) is 2.97. The quantitative estimate of drug-likeness (QED) is 0.839. The summed E-state index contributed by atoms with van der Waals surface area (Å²) in [6, 6.07) is 3.74. The summed E-state index contributed by atoms with van der Waals surface area (Å²) in [5, 5.41) is 2.86. The summed E-state index contributed by atoms with van der Waals surface area (Å²) in [5.41, 5.74) is 0.949. The molecule has 0 aliphatic carbocycles. The predicted octanol–water partition coefficient (Wildman–Crippen LogP) is 1.92. The first-order valence-electron chi connectivity index (χ1n) is 5.93. The summed E-state index contributed by atoms with van der Waals surface area (Å²) in [4.78, 5) is 19.6. The number of rotatable bonds is 5. The molecule has 0 N–H and O–H groups in total. The zero-order valence-corrected chi connectivity index (χ0v) is 12.1. The number of hydrogen-bond acceptors (Lipinski definition) is 5. The lowest BCUT2D eigenvalue weighted by Crippen LogP contribution is -2.34. The van der Waals surface area contributed by atoms with Crippen molar-refractivity contribution in [2.45, 2.75) is 6.54 Å². The summed E-state index contributed by atoms with van der Waals surface area (Å²) in [7, 11) is 5.43. The molecule has 2 heterocycles. The molecule has 0 fully saturated rings. The van der Waals surface area contributed by atoms with Gasteiger partial charge < -0.3 is 9.32 Å². The predicted molar refractivity (Wildman–Crippen MR) is 74.8 cm³/mol. The van der Waals surface area contributed by atoms with Crippen LogP contribution in [0.4, 0.5) is 0 Å². The standard InChI is InChI=1S/C13H17N3O2S/c1-15(2)12(17)8-16(3)7-10-9-19-13(14-10)11-5-4-6-18-11/h4-6,9H,7-8H2,1-3H3. The molecule has 6 heteroatoms. The molecule has 2 rings (SSSR count). The number of amides is 1. The molecule has 0 unspecified atom stereocenters. The van der Waals surface area contributed by atoms with Crippen molar-refractivity contribution in [1.82, 2.24) is 14.8 Å². The van der Waals surface area contributed by atoms with Crippen molar-refractivity contribution in [3.05, 3.63) is 29.5 Å². The first-order chi connectivity index (χ1) is 9.06. The Morgan fingerprint density at radius 2 is 2.21 bits per heavy atom. The number of nitrogens with zero attached hydrogens (tertiary/aromatic N) is 3. The van der Waals surface area contributed by atoms with Gasteiger partial charge in [0, 0.05) is 26.0 Å². The third-order valence-electron chi connectivity index (χ3n) is 2.62. The van der Waals surface area contributed by atoms with Crippen LogP contribution in [-0.4, -0.2) is 48.4 Å². The van der Waals surface area contributed by atoms with Crippen LogP contribution in [0.1, 0.15) is 5.69 Å². The van der Waals surface area contributed by atoms with Gasteiger partial charge in [0.2, 0.25) is 5.91 Å². The van der Waals surface area contributed by atoms with Crippen LogP contribution in [-0.2, 0) is 11.3 Å². The maximum absolute atomic E-state index is 11.6. The van der Waals surface area contributed by atoms with Gasteiger partial charge in [0.15, 0.2) is 10.8 Å². The van der Waals surface area contributed by atoms with Crippen LogP contribution in [0.3, 0.4) is 0 Å². The largest absolute Gasteiger partial charge is 0.462 e. The van der Waals surface area contributed by atoms with Gasteiger partial charge in [0.05, 0.1) is 18.5 Å². The molecule has 102 valence electrons. The fourth-order valence-electron chi connectivity index (χ4n) is 1.60. The number of likely N-dealkylation sites (N-methyl/N-ethyl adjacent to an activating group) is 2. The van der Waals surface area contributed by atoms with Gasteiger partial charge in [-0.05, 0) is 19.2 Å². The van der Waals surface area contributed by atoms with Crippen LogP contribution < -0.4 is 0 Å². The molecule has 0 aliphatic rings. The Morgan fingerprint density at radius 3 is 2.84 bits per heavy atom. The smallest absolute Gasteiger partial charge is 0.236 e. The molecule has 0 saturated carbocycles. The van der Waals surface area contributed by atoms with E-state index >= 15 is 0 Å². The van der Waals surface area contributed by atoms with Gasteiger partial charge in [-0.2, -0.15) is 0 Å². The Morgan fingerprint density at radius 1 is 1.42 bits per heavy atom. The topological polar surface area (TPSA) is 49.6 Å². The molecule has 0 aliphatic heterocycles. The zero-order chi connectivity index (χ0) is 13.8. The highest BCUT2D eigenvalue weighted by atomic mass is 32.1. The lowest BCUT2D eigenvalue weighted by molar-refractivity contribution is -0.129. The lowest BCUT2D eigenvalue weighted by atomic mass is 10.4. The molecule has 2 aromatic heterocycles. The van der Waals surface area contributed by atoms with E-state index in [-0.39, 0.29) is 5.91 Å². The minimum absolute atomic E-state index is 0.0870. The first-order valence-corrected chi connectivity index (χ1v) is 6.81. The molecule has 19 heavy (non-hydrogen) atoms. The van der Waals surface area contributed by atoms with E-state index in [0.717, 1.165) is 16.5 Å². The van der Waals surface area contributed by atoms with Crippen LogP contribution in [0.25, 0.3) is 10.8 Å². The fourth-order valence-corrected chi connectivity index (χ4v) is 2.37. The highest BCUT2D eigenvalue weighted by Crippen LogP contribution is 2.24. The van der Waals surface area contributed by atoms with Crippen LogP contribution in [0.15, 0.2) is 28.2 Å². The Kier molecular flexibility index (Phi) is 4.34. The molecule has 2 aromatic rings. The monoisotopic (exact) mass is 279 g/mol. The Labute approximate surface area is 116 Å². The Balaban J connectivity index is 1.95. The molecule has 0 radical (unpaired) electrons. The van der Waals surface area contributed by atoms with E-state index in [4.69, 9.17) is 4.42 Å². The van der Waals surface area contributed by atoms with Gasteiger partial charge in [0.25, 0.3) is 0 Å². The number of carbonyl (C=O) groups is 1. The second kappa shape index (κ2) is 5.99. The van der Waals surface area contributed by atoms with Crippen molar-refractivity contribution >= 4 is 17.2 Å². The maximum atomic E-state index is 11.6. The van der Waals surface area contributed by atoms with E-state index < -0.39 is 0 Å². The van der Waals surface area contributed by atoms with Crippen molar-refractivity contribution in [3.63, 3.8) is 0 Å². The number of aromatic nitrogens is 1. The Hall–Kier alpha value is -1.66. The van der Waals surface area contributed by atoms with Gasteiger partial charge in [-0.1, -0.05) is 0 Å². The molecule has 5 nitrogen and oxygen atoms in total. The molecule has 0 atom stereocenters. The molecular weight excluding hydrogens is 262 g/mol. The molecule has 0 aromatic carbocycles. The molecular formula is C13H17N3O2S. The maximum Gasteiger partial charge on any atom is 0.236 e. The minimum atomic E-state index is 0.0870. The van der Waals surface area contributed by atoms with Crippen molar-refractivity contribution in [3.8, 4) is 10.8 Å². The van der Waals surface area contributed by atoms with Crippen LogP contribution in [0, 0.1) is 0 Å². The van der Waals surface area contributed by atoms with Crippen LogP contribution in [0.2, 0.25) is 0 Å². The van der Waals surface area contributed by atoms with E-state index in [9.17, 15) is 4.79 Å². The zero-order valence-electron chi connectivity index (χ0n) is 11.3. The summed E-state index contributed by atoms with van der Waals surface area (Å²) in [6.45, 7) is 1.04. The highest BCUT2D eigenvalue weighted by Gasteiger charge is 2.12. The van der Waals surface area contributed by atoms with E-state index in [1.807, 2.05) is 29.5 Å². The average molecular weight is 279 g/mol. The second-order valence-corrected chi connectivity index (χ2v) is 5.44. The van der Waals surface area contributed by atoms with Crippen molar-refractivity contribution in [1.29, 1.82) is 0 Å². The number of hydrogen-bond donors (Lipinski definition) is 0. The SMILES string of the molecule is CN(CC(=O)N(C)C)Cc1csc(-c2ccco2)n1. The summed E-state index contributed by atoms with van der Waals surface area (Å²) in [5.74, 6) is 0.868. The van der Waals surface area contributed by atoms with Gasteiger partial charge in [-0.15, -0.1) is 11.3 Å². The fraction of sp³-hybridized carbons (Fsp3) is 0.385. The van der Waals surface area contributed by atoms with Crippen molar-refractivity contribution in [2.75, 3.05) is 27.7 Å². The van der Waals surface area contributed by atoms with Crippen molar-refractivity contribution < 1.29 is 9.21 Å². The van der Waals surface area contributed by atoms with Crippen molar-refractivity contribution in [2.24, 2.45) is 0 Å². The van der Waals surface area contributed by atoms with Gasteiger partial charge in [0.1, 0.15) is 0 Å². The van der Waals surface area contributed by atoms with E-state index in [0.29, 0.717) is 13.1 Å². The molecule has 0 saturated heterocycles. The van der Waals surface area contributed by atoms with E-state index in [1.165, 1.54) is 0 Å². The van der Waals surface area contributed by atoms with Gasteiger partial charge in [-0.3, -0.25) is 9.69 Å². The Bertz CT molecular complexity index is 534. The second-order valence-electron chi connectivity index (χ2n) is 4.58. The molecule has 1 amide bonds. The first kappa shape index (κ1) is 13.8. The van der Waals surface area contributed by atoms with Crippen LogP contribution in [0.5, 0.6) is 0 Å². The third-order valence-corrected chi connectivity index (χ3v) is 3.53. The minimum Gasteiger partial charge on any atom is -0.462 e. The number of thiazole rings is 1. The highest BCUT2D eigenvalue weighted by molar-refractivity contribution is 7.13. The van der Waals surface area contributed by atoms with E-state index in [1.54, 1.807) is 36.6 Å². The molecule has 0 spiro atoms. The van der Waals surface area contributed by atoms with Gasteiger partial charge >= 0.3 is 0 Å². The number of furan rings is 1. The molecule has 0 bridgehead atoms. The summed E-state index contributed by atoms with van der Waals surface area (Å²) >= 11 is 1.55. The normalized spacial score (nSPS) is 10.9. The summed E-state index contributed by atoms with van der Waals surface area (Å²) in [6.07, 6.45) is 1.64. The lowest BCUT2D eigenvalue weighted by Gasteiger charge is -2.17. The van der Waals surface area contributed by atoms with E-state index in [2.05, 4.69) is 4.98 Å². The number of carbonyl (C=O) groups excluding carboxylic acids is 1. The van der Waals surface area contributed by atoms with Gasteiger partial charge in [-0.25, -0.2) is 4.98 Å². The summed E-state index contributed by atoms with van der Waals surface area (Å²) < 4.78 is 5.31. The third kappa shape index (κ3) is 3.65.